The average Bonchev–Trinajstić information content (AvgIpc) is 2.61. The minimum atomic E-state index is 0.450. The number of hydrogen-bond donors (Lipinski definition) is 0. The number of nitriles is 1. The molecule has 2 aromatic rings. The van der Waals surface area contributed by atoms with Gasteiger partial charge in [-0.05, 0) is 0 Å². The standard InChI is InChI=1S/C11H9N3/c1-14-8-10(7-12)13-11(14)9-5-3-2-4-6-9/h2-6,8H,1H3. The predicted molar refractivity (Wildman–Crippen MR) is 53.4 cm³/mol. The van der Waals surface area contributed by atoms with E-state index < -0.39 is 0 Å². The molecule has 2 rings (SSSR count). The van der Waals surface area contributed by atoms with Gasteiger partial charge in [0.1, 0.15) is 11.9 Å². The number of nitrogens with zero attached hydrogens (tertiary/aromatic N) is 3. The van der Waals surface area contributed by atoms with Gasteiger partial charge < -0.3 is 4.57 Å². The molecule has 3 heteroatoms. The molecule has 0 atom stereocenters. The molecule has 0 bridgehead atoms. The fraction of sp³-hybridized carbons (Fsp3) is 0.0909. The van der Waals surface area contributed by atoms with Crippen molar-refractivity contribution < 1.29 is 0 Å². The lowest BCUT2D eigenvalue weighted by atomic mass is 10.2. The van der Waals surface area contributed by atoms with E-state index in [1.807, 2.05) is 48.0 Å². The highest BCUT2D eigenvalue weighted by atomic mass is 15.0. The second-order valence-corrected chi connectivity index (χ2v) is 3.04. The Labute approximate surface area is 82.2 Å². The summed E-state index contributed by atoms with van der Waals surface area (Å²) in [6, 6.07) is 11.8. The molecule has 0 amide bonds. The van der Waals surface area contributed by atoms with Crippen LogP contribution in [0.25, 0.3) is 11.4 Å². The van der Waals surface area contributed by atoms with Crippen molar-refractivity contribution in [1.82, 2.24) is 9.55 Å². The smallest absolute Gasteiger partial charge is 0.159 e. The molecule has 1 aromatic heterocycles. The van der Waals surface area contributed by atoms with E-state index in [-0.39, 0.29) is 0 Å². The molecule has 0 spiro atoms. The largest absolute Gasteiger partial charge is 0.333 e. The minimum Gasteiger partial charge on any atom is -0.333 e. The van der Waals surface area contributed by atoms with Crippen molar-refractivity contribution in [1.29, 1.82) is 5.26 Å². The molecule has 0 saturated carbocycles. The number of aromatic nitrogens is 2. The van der Waals surface area contributed by atoms with E-state index in [2.05, 4.69) is 4.98 Å². The maximum atomic E-state index is 8.70. The molecular weight excluding hydrogens is 174 g/mol. The van der Waals surface area contributed by atoms with Gasteiger partial charge in [0.25, 0.3) is 0 Å². The molecule has 68 valence electrons. The van der Waals surface area contributed by atoms with Crippen LogP contribution in [0.1, 0.15) is 5.69 Å². The van der Waals surface area contributed by atoms with Gasteiger partial charge in [0.05, 0.1) is 0 Å². The third kappa shape index (κ3) is 1.38. The highest BCUT2D eigenvalue weighted by Gasteiger charge is 2.05. The zero-order chi connectivity index (χ0) is 9.97. The van der Waals surface area contributed by atoms with E-state index >= 15 is 0 Å². The van der Waals surface area contributed by atoms with Crippen LogP contribution < -0.4 is 0 Å². The molecule has 0 aliphatic rings. The van der Waals surface area contributed by atoms with Crippen molar-refractivity contribution in [2.45, 2.75) is 0 Å². The van der Waals surface area contributed by atoms with Crippen LogP contribution in [-0.4, -0.2) is 9.55 Å². The van der Waals surface area contributed by atoms with Crippen molar-refractivity contribution in [2.75, 3.05) is 0 Å². The molecule has 0 fully saturated rings. The summed E-state index contributed by atoms with van der Waals surface area (Å²) < 4.78 is 1.86. The van der Waals surface area contributed by atoms with Crippen LogP contribution >= 0.6 is 0 Å². The van der Waals surface area contributed by atoms with Crippen LogP contribution in [0.2, 0.25) is 0 Å². The Kier molecular flexibility index (Phi) is 2.04. The van der Waals surface area contributed by atoms with E-state index in [0.717, 1.165) is 11.4 Å². The number of hydrogen-bond acceptors (Lipinski definition) is 2. The first-order chi connectivity index (χ1) is 6.81. The van der Waals surface area contributed by atoms with Crippen molar-refractivity contribution in [3.8, 4) is 17.5 Å². The summed E-state index contributed by atoms with van der Waals surface area (Å²) in [6.07, 6.45) is 1.72. The van der Waals surface area contributed by atoms with E-state index in [9.17, 15) is 0 Å². The molecular formula is C11H9N3. The van der Waals surface area contributed by atoms with Crippen LogP contribution in [0.3, 0.4) is 0 Å². The molecule has 1 aromatic carbocycles. The Morgan fingerprint density at radius 1 is 1.29 bits per heavy atom. The number of benzene rings is 1. The van der Waals surface area contributed by atoms with Crippen LogP contribution in [0.4, 0.5) is 0 Å². The Morgan fingerprint density at radius 2 is 2.00 bits per heavy atom. The molecule has 14 heavy (non-hydrogen) atoms. The number of rotatable bonds is 1. The minimum absolute atomic E-state index is 0.450. The number of aryl methyl sites for hydroxylation is 1. The summed E-state index contributed by atoms with van der Waals surface area (Å²) in [5.74, 6) is 0.821. The summed E-state index contributed by atoms with van der Waals surface area (Å²) >= 11 is 0. The highest BCUT2D eigenvalue weighted by molar-refractivity contribution is 5.56. The molecule has 3 nitrogen and oxygen atoms in total. The van der Waals surface area contributed by atoms with Gasteiger partial charge in [-0.25, -0.2) is 4.98 Å². The van der Waals surface area contributed by atoms with E-state index in [1.54, 1.807) is 6.20 Å². The lowest BCUT2D eigenvalue weighted by molar-refractivity contribution is 0.924. The predicted octanol–water partition coefficient (Wildman–Crippen LogP) is 1.96. The summed E-state index contributed by atoms with van der Waals surface area (Å²) in [4.78, 5) is 4.20. The SMILES string of the molecule is Cn1cc(C#N)nc1-c1ccccc1. The van der Waals surface area contributed by atoms with Gasteiger partial charge in [-0.15, -0.1) is 0 Å². The van der Waals surface area contributed by atoms with Gasteiger partial charge in [-0.3, -0.25) is 0 Å². The zero-order valence-electron chi connectivity index (χ0n) is 7.81. The molecule has 0 aliphatic carbocycles. The van der Waals surface area contributed by atoms with Gasteiger partial charge in [0.15, 0.2) is 5.69 Å². The Hall–Kier alpha value is -2.08. The summed E-state index contributed by atoms with van der Waals surface area (Å²) in [5.41, 5.74) is 1.47. The third-order valence-corrected chi connectivity index (χ3v) is 2.02. The first-order valence-corrected chi connectivity index (χ1v) is 4.30. The van der Waals surface area contributed by atoms with Crippen LogP contribution in [0.5, 0.6) is 0 Å². The zero-order valence-corrected chi connectivity index (χ0v) is 7.81. The maximum Gasteiger partial charge on any atom is 0.159 e. The van der Waals surface area contributed by atoms with Crippen molar-refractivity contribution in [2.24, 2.45) is 7.05 Å². The van der Waals surface area contributed by atoms with Gasteiger partial charge in [-0.1, -0.05) is 30.3 Å². The second-order valence-electron chi connectivity index (χ2n) is 3.04. The van der Waals surface area contributed by atoms with E-state index in [0.29, 0.717) is 5.69 Å². The van der Waals surface area contributed by atoms with Gasteiger partial charge >= 0.3 is 0 Å². The summed E-state index contributed by atoms with van der Waals surface area (Å²) in [5, 5.41) is 8.70. The molecule has 0 unspecified atom stereocenters. The topological polar surface area (TPSA) is 41.6 Å². The quantitative estimate of drug-likeness (QED) is 0.678. The summed E-state index contributed by atoms with van der Waals surface area (Å²) in [6.45, 7) is 0. The van der Waals surface area contributed by atoms with Crippen molar-refractivity contribution >= 4 is 0 Å². The van der Waals surface area contributed by atoms with Crippen LogP contribution in [-0.2, 0) is 7.05 Å². The third-order valence-electron chi connectivity index (χ3n) is 2.02. The van der Waals surface area contributed by atoms with Crippen molar-refractivity contribution in [3.05, 3.63) is 42.2 Å². The average molecular weight is 183 g/mol. The molecule has 0 N–H and O–H groups in total. The Balaban J connectivity index is 2.53. The highest BCUT2D eigenvalue weighted by Crippen LogP contribution is 2.16. The second kappa shape index (κ2) is 3.35. The molecule has 0 aliphatic heterocycles. The monoisotopic (exact) mass is 183 g/mol. The van der Waals surface area contributed by atoms with Crippen LogP contribution in [0, 0.1) is 11.3 Å². The fourth-order valence-corrected chi connectivity index (χ4v) is 1.38. The number of imidazole rings is 1. The lowest BCUT2D eigenvalue weighted by Gasteiger charge is -1.99. The fourth-order valence-electron chi connectivity index (χ4n) is 1.38. The van der Waals surface area contributed by atoms with Gasteiger partial charge in [-0.2, -0.15) is 5.26 Å². The maximum absolute atomic E-state index is 8.70. The summed E-state index contributed by atoms with van der Waals surface area (Å²) in [7, 11) is 1.89. The van der Waals surface area contributed by atoms with Crippen molar-refractivity contribution in [3.63, 3.8) is 0 Å². The first kappa shape index (κ1) is 8.52. The first-order valence-electron chi connectivity index (χ1n) is 4.30. The Morgan fingerprint density at radius 3 is 2.57 bits per heavy atom. The van der Waals surface area contributed by atoms with E-state index in [1.165, 1.54) is 0 Å². The molecule has 0 saturated heterocycles. The van der Waals surface area contributed by atoms with E-state index in [4.69, 9.17) is 5.26 Å². The normalized spacial score (nSPS) is 9.71. The Bertz CT molecular complexity index is 477. The van der Waals surface area contributed by atoms with Gasteiger partial charge in [0.2, 0.25) is 0 Å². The molecule has 0 radical (unpaired) electrons. The van der Waals surface area contributed by atoms with Crippen LogP contribution in [0.15, 0.2) is 36.5 Å². The molecule has 1 heterocycles. The lowest BCUT2D eigenvalue weighted by Crippen LogP contribution is -1.89. The van der Waals surface area contributed by atoms with Gasteiger partial charge in [0, 0.05) is 18.8 Å².